The third-order valence-corrected chi connectivity index (χ3v) is 4.47. The summed E-state index contributed by atoms with van der Waals surface area (Å²) in [5.74, 6) is 0.784. The number of hydrogen-bond donors (Lipinski definition) is 1. The molecule has 1 aliphatic heterocycles. The molecular formula is C15H28N2O2. The van der Waals surface area contributed by atoms with Crippen LogP contribution in [0.25, 0.3) is 0 Å². The summed E-state index contributed by atoms with van der Waals surface area (Å²) < 4.78 is 5.63. The quantitative estimate of drug-likeness (QED) is 0.829. The van der Waals surface area contributed by atoms with Gasteiger partial charge in [0.05, 0.1) is 6.10 Å². The molecule has 2 N–H and O–H groups in total. The lowest BCUT2D eigenvalue weighted by Crippen LogP contribution is -2.39. The van der Waals surface area contributed by atoms with Crippen LogP contribution in [-0.4, -0.2) is 42.6 Å². The minimum Gasteiger partial charge on any atom is -0.376 e. The molecule has 2 aliphatic rings. The van der Waals surface area contributed by atoms with Gasteiger partial charge < -0.3 is 15.4 Å². The minimum absolute atomic E-state index is 0.262. The Kier molecular flexibility index (Phi) is 5.64. The Morgan fingerprint density at radius 2 is 2.16 bits per heavy atom. The average Bonchev–Trinajstić information content (AvgIpc) is 2.88. The fourth-order valence-electron chi connectivity index (χ4n) is 3.34. The normalized spacial score (nSPS) is 31.4. The summed E-state index contributed by atoms with van der Waals surface area (Å²) in [6.45, 7) is 4.47. The number of carbonyl (C=O) groups excluding carboxylic acids is 1. The standard InChI is InChI=1S/C15H28N2O2/c1-2-17(11-14-7-4-8-19-14)15(18)10-12-5-3-6-13(16)9-12/h12-14H,2-11,16H2,1H3. The first-order valence-corrected chi connectivity index (χ1v) is 7.84. The number of ether oxygens (including phenoxy) is 1. The predicted octanol–water partition coefficient (Wildman–Crippen LogP) is 1.92. The molecule has 0 aromatic carbocycles. The van der Waals surface area contributed by atoms with E-state index in [2.05, 4.69) is 6.92 Å². The SMILES string of the molecule is CCN(CC1CCCO1)C(=O)CC1CCCC(N)C1. The van der Waals surface area contributed by atoms with Crippen LogP contribution in [-0.2, 0) is 9.53 Å². The van der Waals surface area contributed by atoms with Gasteiger partial charge in [-0.2, -0.15) is 0 Å². The molecule has 0 bridgehead atoms. The maximum Gasteiger partial charge on any atom is 0.222 e. The molecule has 1 amide bonds. The molecule has 2 rings (SSSR count). The second-order valence-electron chi connectivity index (χ2n) is 6.06. The summed E-state index contributed by atoms with van der Waals surface area (Å²) in [6, 6.07) is 0.305. The number of nitrogens with zero attached hydrogens (tertiary/aromatic N) is 1. The van der Waals surface area contributed by atoms with Gasteiger partial charge in [-0.05, 0) is 44.9 Å². The predicted molar refractivity (Wildman–Crippen MR) is 75.8 cm³/mol. The van der Waals surface area contributed by atoms with Crippen molar-refractivity contribution in [1.82, 2.24) is 4.90 Å². The first-order chi connectivity index (χ1) is 9.19. The Labute approximate surface area is 116 Å². The van der Waals surface area contributed by atoms with E-state index >= 15 is 0 Å². The summed E-state index contributed by atoms with van der Waals surface area (Å²) in [4.78, 5) is 14.3. The molecule has 1 aliphatic carbocycles. The number of carbonyl (C=O) groups is 1. The molecule has 19 heavy (non-hydrogen) atoms. The molecule has 0 radical (unpaired) electrons. The van der Waals surface area contributed by atoms with Crippen LogP contribution < -0.4 is 5.73 Å². The molecule has 1 heterocycles. The van der Waals surface area contributed by atoms with E-state index in [0.717, 1.165) is 51.8 Å². The van der Waals surface area contributed by atoms with Gasteiger partial charge in [0.15, 0.2) is 0 Å². The number of amides is 1. The van der Waals surface area contributed by atoms with Gasteiger partial charge in [0.25, 0.3) is 0 Å². The Hall–Kier alpha value is -0.610. The summed E-state index contributed by atoms with van der Waals surface area (Å²) in [6.07, 6.45) is 7.65. The third kappa shape index (κ3) is 4.46. The Bertz CT molecular complexity index is 290. The van der Waals surface area contributed by atoms with Gasteiger partial charge in [-0.1, -0.05) is 6.42 Å². The van der Waals surface area contributed by atoms with Gasteiger partial charge in [-0.15, -0.1) is 0 Å². The molecule has 0 spiro atoms. The second kappa shape index (κ2) is 7.25. The molecule has 1 saturated carbocycles. The Morgan fingerprint density at radius 3 is 2.79 bits per heavy atom. The van der Waals surface area contributed by atoms with Crippen LogP contribution in [0.2, 0.25) is 0 Å². The molecule has 1 saturated heterocycles. The lowest BCUT2D eigenvalue weighted by Gasteiger charge is -2.29. The Morgan fingerprint density at radius 1 is 1.32 bits per heavy atom. The number of hydrogen-bond acceptors (Lipinski definition) is 3. The highest BCUT2D eigenvalue weighted by Crippen LogP contribution is 2.26. The third-order valence-electron chi connectivity index (χ3n) is 4.47. The van der Waals surface area contributed by atoms with E-state index < -0.39 is 0 Å². The molecule has 0 aromatic rings. The van der Waals surface area contributed by atoms with Crippen LogP contribution in [0, 0.1) is 5.92 Å². The van der Waals surface area contributed by atoms with E-state index in [9.17, 15) is 4.79 Å². The van der Waals surface area contributed by atoms with Gasteiger partial charge in [-0.3, -0.25) is 4.79 Å². The molecule has 110 valence electrons. The van der Waals surface area contributed by atoms with E-state index in [1.54, 1.807) is 0 Å². The van der Waals surface area contributed by atoms with Crippen molar-refractivity contribution in [3.63, 3.8) is 0 Å². The van der Waals surface area contributed by atoms with Gasteiger partial charge >= 0.3 is 0 Å². The largest absolute Gasteiger partial charge is 0.376 e. The van der Waals surface area contributed by atoms with E-state index in [1.807, 2.05) is 4.90 Å². The summed E-state index contributed by atoms with van der Waals surface area (Å²) >= 11 is 0. The molecule has 2 fully saturated rings. The summed E-state index contributed by atoms with van der Waals surface area (Å²) in [5, 5.41) is 0. The van der Waals surface area contributed by atoms with E-state index in [4.69, 9.17) is 10.5 Å². The van der Waals surface area contributed by atoms with Gasteiger partial charge in [0.2, 0.25) is 5.91 Å². The maximum atomic E-state index is 12.4. The molecule has 4 nitrogen and oxygen atoms in total. The van der Waals surface area contributed by atoms with Crippen molar-refractivity contribution >= 4 is 5.91 Å². The van der Waals surface area contributed by atoms with Crippen LogP contribution in [0.3, 0.4) is 0 Å². The van der Waals surface area contributed by atoms with Crippen LogP contribution >= 0.6 is 0 Å². The molecular weight excluding hydrogens is 240 g/mol. The topological polar surface area (TPSA) is 55.6 Å². The van der Waals surface area contributed by atoms with Crippen molar-refractivity contribution in [2.45, 2.75) is 64.0 Å². The number of nitrogens with two attached hydrogens (primary N) is 1. The number of likely N-dealkylation sites (N-methyl/N-ethyl adjacent to an activating group) is 1. The fourth-order valence-corrected chi connectivity index (χ4v) is 3.34. The van der Waals surface area contributed by atoms with E-state index in [0.29, 0.717) is 18.4 Å². The molecule has 3 unspecified atom stereocenters. The van der Waals surface area contributed by atoms with Gasteiger partial charge in [0, 0.05) is 32.2 Å². The van der Waals surface area contributed by atoms with Crippen LogP contribution in [0.1, 0.15) is 51.9 Å². The smallest absolute Gasteiger partial charge is 0.222 e. The van der Waals surface area contributed by atoms with Crippen LogP contribution in [0.5, 0.6) is 0 Å². The van der Waals surface area contributed by atoms with Crippen molar-refractivity contribution < 1.29 is 9.53 Å². The van der Waals surface area contributed by atoms with Gasteiger partial charge in [0.1, 0.15) is 0 Å². The van der Waals surface area contributed by atoms with Crippen LogP contribution in [0.4, 0.5) is 0 Å². The van der Waals surface area contributed by atoms with E-state index in [-0.39, 0.29) is 12.0 Å². The highest BCUT2D eigenvalue weighted by Gasteiger charge is 2.26. The number of rotatable bonds is 5. The maximum absolute atomic E-state index is 12.4. The highest BCUT2D eigenvalue weighted by molar-refractivity contribution is 5.76. The molecule has 4 heteroatoms. The summed E-state index contributed by atoms with van der Waals surface area (Å²) in [7, 11) is 0. The first kappa shape index (κ1) is 14.8. The highest BCUT2D eigenvalue weighted by atomic mass is 16.5. The van der Waals surface area contributed by atoms with Gasteiger partial charge in [-0.25, -0.2) is 0 Å². The zero-order chi connectivity index (χ0) is 13.7. The van der Waals surface area contributed by atoms with Crippen molar-refractivity contribution in [2.24, 2.45) is 11.7 Å². The monoisotopic (exact) mass is 268 g/mol. The minimum atomic E-state index is 0.262. The summed E-state index contributed by atoms with van der Waals surface area (Å²) in [5.41, 5.74) is 6.00. The van der Waals surface area contributed by atoms with E-state index in [1.165, 1.54) is 6.42 Å². The zero-order valence-corrected chi connectivity index (χ0v) is 12.1. The second-order valence-corrected chi connectivity index (χ2v) is 6.06. The van der Waals surface area contributed by atoms with Crippen molar-refractivity contribution in [3.8, 4) is 0 Å². The lowest BCUT2D eigenvalue weighted by molar-refractivity contribution is -0.133. The molecule has 3 atom stereocenters. The van der Waals surface area contributed by atoms with Crippen LogP contribution in [0.15, 0.2) is 0 Å². The Balaban J connectivity index is 1.78. The van der Waals surface area contributed by atoms with Crippen molar-refractivity contribution in [1.29, 1.82) is 0 Å². The lowest BCUT2D eigenvalue weighted by atomic mass is 9.84. The van der Waals surface area contributed by atoms with Crippen molar-refractivity contribution in [2.75, 3.05) is 19.7 Å². The average molecular weight is 268 g/mol. The fraction of sp³-hybridized carbons (Fsp3) is 0.933. The zero-order valence-electron chi connectivity index (χ0n) is 12.1. The molecule has 0 aromatic heterocycles. The van der Waals surface area contributed by atoms with Crippen molar-refractivity contribution in [3.05, 3.63) is 0 Å². The first-order valence-electron chi connectivity index (χ1n) is 7.84.